The molecule has 0 bridgehead atoms. The molecule has 2 aromatic rings. The Hall–Kier alpha value is -2.66. The third kappa shape index (κ3) is 3.67. The second kappa shape index (κ2) is 6.67. The molecule has 1 amide bonds. The molecule has 108 valence electrons. The second-order valence-corrected chi connectivity index (χ2v) is 4.47. The van der Waals surface area contributed by atoms with Crippen LogP contribution in [0, 0.1) is 0 Å². The summed E-state index contributed by atoms with van der Waals surface area (Å²) in [5.74, 6) is -1.72. The van der Waals surface area contributed by atoms with E-state index in [-0.39, 0.29) is 12.5 Å². The van der Waals surface area contributed by atoms with E-state index in [2.05, 4.69) is 0 Å². The molecule has 0 spiro atoms. The zero-order valence-electron chi connectivity index (χ0n) is 11.2. The summed E-state index contributed by atoms with van der Waals surface area (Å²) in [5.41, 5.74) is 0.964. The fourth-order valence-electron chi connectivity index (χ4n) is 1.90. The number of aliphatic hydroxyl groups excluding tert-OH is 1. The van der Waals surface area contributed by atoms with Crippen LogP contribution in [-0.2, 0) is 4.79 Å². The van der Waals surface area contributed by atoms with Gasteiger partial charge in [0.25, 0.3) is 5.91 Å². The number of aliphatic hydroxyl groups is 1. The molecule has 0 aromatic heterocycles. The average Bonchev–Trinajstić information content (AvgIpc) is 2.53. The van der Waals surface area contributed by atoms with Gasteiger partial charge in [0.15, 0.2) is 6.10 Å². The van der Waals surface area contributed by atoms with Crippen LogP contribution >= 0.6 is 0 Å². The maximum Gasteiger partial charge on any atom is 0.334 e. The Morgan fingerprint density at radius 2 is 1.48 bits per heavy atom. The molecule has 0 fully saturated rings. The van der Waals surface area contributed by atoms with E-state index in [4.69, 9.17) is 5.11 Å². The Morgan fingerprint density at radius 1 is 0.952 bits per heavy atom. The number of carboxylic acid groups (broad SMARTS) is 1. The normalized spacial score (nSPS) is 11.7. The van der Waals surface area contributed by atoms with E-state index >= 15 is 0 Å². The first kappa shape index (κ1) is 14.7. The van der Waals surface area contributed by atoms with Crippen molar-refractivity contribution in [1.29, 1.82) is 0 Å². The summed E-state index contributed by atoms with van der Waals surface area (Å²) in [7, 11) is 0. The van der Waals surface area contributed by atoms with E-state index < -0.39 is 12.1 Å². The first-order valence-electron chi connectivity index (χ1n) is 6.42. The van der Waals surface area contributed by atoms with E-state index in [0.29, 0.717) is 11.3 Å². The van der Waals surface area contributed by atoms with Gasteiger partial charge in [-0.15, -0.1) is 0 Å². The lowest BCUT2D eigenvalue weighted by atomic mass is 10.1. The molecule has 0 aliphatic heterocycles. The molecule has 2 rings (SSSR count). The van der Waals surface area contributed by atoms with Crippen LogP contribution in [0.4, 0.5) is 5.69 Å². The summed E-state index contributed by atoms with van der Waals surface area (Å²) in [6, 6.07) is 17.2. The molecule has 2 N–H and O–H groups in total. The van der Waals surface area contributed by atoms with Gasteiger partial charge in [0, 0.05) is 11.3 Å². The van der Waals surface area contributed by atoms with Gasteiger partial charge < -0.3 is 15.1 Å². The fraction of sp³-hybridized carbons (Fsp3) is 0.125. The number of hydrogen-bond donors (Lipinski definition) is 2. The summed E-state index contributed by atoms with van der Waals surface area (Å²) in [6.45, 7) is -0.312. The molecule has 5 heteroatoms. The molecule has 0 saturated heterocycles. The molecule has 0 heterocycles. The highest BCUT2D eigenvalue weighted by molar-refractivity contribution is 6.06. The molecular weight excluding hydrogens is 270 g/mol. The molecule has 0 aliphatic rings. The predicted octanol–water partition coefficient (Wildman–Crippen LogP) is 1.78. The lowest BCUT2D eigenvalue weighted by Crippen LogP contribution is -2.40. The Bertz CT molecular complexity index is 613. The van der Waals surface area contributed by atoms with Crippen molar-refractivity contribution in [3.8, 4) is 0 Å². The zero-order chi connectivity index (χ0) is 15.2. The van der Waals surface area contributed by atoms with E-state index in [0.717, 1.165) is 0 Å². The number of nitrogens with zero attached hydrogens (tertiary/aromatic N) is 1. The Kier molecular flexibility index (Phi) is 4.68. The van der Waals surface area contributed by atoms with E-state index in [1.165, 1.54) is 4.90 Å². The zero-order valence-corrected chi connectivity index (χ0v) is 11.2. The van der Waals surface area contributed by atoms with Crippen LogP contribution in [0.3, 0.4) is 0 Å². The summed E-state index contributed by atoms with van der Waals surface area (Å²) in [4.78, 5) is 24.6. The maximum absolute atomic E-state index is 12.5. The van der Waals surface area contributed by atoms with Gasteiger partial charge in [-0.3, -0.25) is 4.79 Å². The predicted molar refractivity (Wildman–Crippen MR) is 78.2 cm³/mol. The van der Waals surface area contributed by atoms with E-state index in [1.54, 1.807) is 60.7 Å². The summed E-state index contributed by atoms with van der Waals surface area (Å²) < 4.78 is 0. The number of carbonyl (C=O) groups is 2. The molecule has 0 aliphatic carbocycles. The minimum absolute atomic E-state index is 0.312. The van der Waals surface area contributed by atoms with Gasteiger partial charge in [-0.2, -0.15) is 0 Å². The van der Waals surface area contributed by atoms with Crippen molar-refractivity contribution in [3.63, 3.8) is 0 Å². The largest absolute Gasteiger partial charge is 0.479 e. The SMILES string of the molecule is O=C(O)[C@H](O)CN(C(=O)c1ccccc1)c1ccccc1. The average molecular weight is 285 g/mol. The maximum atomic E-state index is 12.5. The minimum atomic E-state index is -1.64. The van der Waals surface area contributed by atoms with Crippen LogP contribution in [0.5, 0.6) is 0 Å². The number of benzene rings is 2. The first-order valence-corrected chi connectivity index (χ1v) is 6.42. The van der Waals surface area contributed by atoms with Crippen LogP contribution in [-0.4, -0.2) is 34.7 Å². The van der Waals surface area contributed by atoms with Gasteiger partial charge in [0.2, 0.25) is 0 Å². The van der Waals surface area contributed by atoms with E-state index in [1.807, 2.05) is 0 Å². The topological polar surface area (TPSA) is 77.8 Å². The van der Waals surface area contributed by atoms with Crippen molar-refractivity contribution in [2.24, 2.45) is 0 Å². The van der Waals surface area contributed by atoms with Gasteiger partial charge in [0.05, 0.1) is 6.54 Å². The second-order valence-electron chi connectivity index (χ2n) is 4.47. The number of aliphatic carboxylic acids is 1. The number of carboxylic acids is 1. The molecule has 1 atom stereocenters. The molecule has 0 saturated carbocycles. The van der Waals surface area contributed by atoms with Gasteiger partial charge >= 0.3 is 5.97 Å². The Balaban J connectivity index is 2.32. The molecule has 0 unspecified atom stereocenters. The number of rotatable bonds is 5. The summed E-state index contributed by atoms with van der Waals surface area (Å²) in [5, 5.41) is 18.4. The van der Waals surface area contributed by atoms with Crippen molar-refractivity contribution in [2.75, 3.05) is 11.4 Å². The monoisotopic (exact) mass is 285 g/mol. The van der Waals surface area contributed by atoms with E-state index in [9.17, 15) is 14.7 Å². The Labute approximate surface area is 122 Å². The van der Waals surface area contributed by atoms with Gasteiger partial charge in [-0.05, 0) is 24.3 Å². The number of carbonyl (C=O) groups excluding carboxylic acids is 1. The lowest BCUT2D eigenvalue weighted by Gasteiger charge is -2.24. The minimum Gasteiger partial charge on any atom is -0.479 e. The van der Waals surface area contributed by atoms with Gasteiger partial charge in [-0.1, -0.05) is 36.4 Å². The highest BCUT2D eigenvalue weighted by Crippen LogP contribution is 2.17. The quantitative estimate of drug-likeness (QED) is 0.877. The third-order valence-electron chi connectivity index (χ3n) is 2.97. The van der Waals surface area contributed by atoms with Crippen molar-refractivity contribution in [3.05, 3.63) is 66.2 Å². The standard InChI is InChI=1S/C16H15NO4/c18-14(16(20)21)11-17(13-9-5-2-6-10-13)15(19)12-7-3-1-4-8-12/h1-10,14,18H,11H2,(H,20,21)/t14-/m1/s1. The molecular formula is C16H15NO4. The highest BCUT2D eigenvalue weighted by atomic mass is 16.4. The molecule has 2 aromatic carbocycles. The molecule has 21 heavy (non-hydrogen) atoms. The van der Waals surface area contributed by atoms with Crippen LogP contribution in [0.15, 0.2) is 60.7 Å². The smallest absolute Gasteiger partial charge is 0.334 e. The van der Waals surface area contributed by atoms with Crippen molar-refractivity contribution in [1.82, 2.24) is 0 Å². The van der Waals surface area contributed by atoms with Gasteiger partial charge in [-0.25, -0.2) is 4.79 Å². The number of para-hydroxylation sites is 1. The highest BCUT2D eigenvalue weighted by Gasteiger charge is 2.24. The van der Waals surface area contributed by atoms with Gasteiger partial charge in [0.1, 0.15) is 0 Å². The van der Waals surface area contributed by atoms with Crippen molar-refractivity contribution < 1.29 is 19.8 Å². The summed E-state index contributed by atoms with van der Waals surface area (Å²) >= 11 is 0. The number of amides is 1. The van der Waals surface area contributed by atoms with Crippen LogP contribution in [0.2, 0.25) is 0 Å². The lowest BCUT2D eigenvalue weighted by molar-refractivity contribution is -0.145. The van der Waals surface area contributed by atoms with Crippen LogP contribution < -0.4 is 4.90 Å². The Morgan fingerprint density at radius 3 is 2.00 bits per heavy atom. The fourth-order valence-corrected chi connectivity index (χ4v) is 1.90. The van der Waals surface area contributed by atoms with Crippen molar-refractivity contribution >= 4 is 17.6 Å². The van der Waals surface area contributed by atoms with Crippen LogP contribution in [0.25, 0.3) is 0 Å². The summed E-state index contributed by atoms with van der Waals surface area (Å²) in [6.07, 6.45) is -1.64. The number of hydrogen-bond acceptors (Lipinski definition) is 3. The van der Waals surface area contributed by atoms with Crippen LogP contribution in [0.1, 0.15) is 10.4 Å². The molecule has 0 radical (unpaired) electrons. The number of anilines is 1. The molecule has 5 nitrogen and oxygen atoms in total. The van der Waals surface area contributed by atoms with Crippen molar-refractivity contribution in [2.45, 2.75) is 6.10 Å². The third-order valence-corrected chi connectivity index (χ3v) is 2.97. The first-order chi connectivity index (χ1) is 10.1.